The summed E-state index contributed by atoms with van der Waals surface area (Å²) >= 11 is 0. The van der Waals surface area contributed by atoms with Crippen LogP contribution in [0, 0.1) is 11.6 Å². The Balaban J connectivity index is 2.71. The molecule has 3 N–H and O–H groups in total. The average Bonchev–Trinajstić information content (AvgIpc) is 2.34. The zero-order chi connectivity index (χ0) is 14.6. The minimum atomic E-state index is -0.970. The van der Waals surface area contributed by atoms with Gasteiger partial charge < -0.3 is 11.1 Å². The van der Waals surface area contributed by atoms with Crippen LogP contribution in [0.15, 0.2) is 18.2 Å². The summed E-state index contributed by atoms with van der Waals surface area (Å²) in [6.45, 7) is 5.12. The van der Waals surface area contributed by atoms with Gasteiger partial charge in [0.25, 0.3) is 0 Å². The van der Waals surface area contributed by atoms with Gasteiger partial charge in [-0.1, -0.05) is 13.0 Å². The average molecular weight is 270 g/mol. The highest BCUT2D eigenvalue weighted by molar-refractivity contribution is 5.85. The second kappa shape index (κ2) is 6.10. The Morgan fingerprint density at radius 1 is 1.42 bits per heavy atom. The zero-order valence-corrected chi connectivity index (χ0v) is 11.5. The van der Waals surface area contributed by atoms with Gasteiger partial charge in [0.15, 0.2) is 0 Å². The minimum Gasteiger partial charge on any atom is -0.352 e. The van der Waals surface area contributed by atoms with Crippen molar-refractivity contribution in [2.75, 3.05) is 0 Å². The van der Waals surface area contributed by atoms with Crippen LogP contribution >= 0.6 is 0 Å². The number of hydrogen-bond donors (Lipinski definition) is 2. The van der Waals surface area contributed by atoms with Crippen LogP contribution in [-0.2, 0) is 11.2 Å². The topological polar surface area (TPSA) is 55.1 Å². The lowest BCUT2D eigenvalue weighted by Gasteiger charge is -2.24. The molecular formula is C14H20F2N2O. The van der Waals surface area contributed by atoms with Crippen molar-refractivity contribution in [2.45, 2.75) is 45.2 Å². The molecule has 0 aliphatic carbocycles. The summed E-state index contributed by atoms with van der Waals surface area (Å²) in [6.07, 6.45) is 0.573. The Kier molecular flexibility index (Phi) is 5.00. The molecule has 0 aromatic heterocycles. The van der Waals surface area contributed by atoms with Crippen LogP contribution in [0.4, 0.5) is 8.78 Å². The molecule has 0 aliphatic rings. The SMILES string of the molecule is CCC(C)(N)C(=O)NC(C)Cc1c(F)cccc1F. The predicted octanol–water partition coefficient (Wildman–Crippen LogP) is 2.14. The molecule has 0 bridgehead atoms. The smallest absolute Gasteiger partial charge is 0.240 e. The molecule has 2 atom stereocenters. The number of nitrogens with one attached hydrogen (secondary N) is 1. The molecule has 1 rings (SSSR count). The number of hydrogen-bond acceptors (Lipinski definition) is 2. The van der Waals surface area contributed by atoms with E-state index in [9.17, 15) is 13.6 Å². The first-order valence-corrected chi connectivity index (χ1v) is 6.30. The number of amides is 1. The molecule has 5 heteroatoms. The first kappa shape index (κ1) is 15.6. The zero-order valence-electron chi connectivity index (χ0n) is 11.5. The molecule has 0 aliphatic heterocycles. The highest BCUT2D eigenvalue weighted by Gasteiger charge is 2.27. The van der Waals surface area contributed by atoms with E-state index >= 15 is 0 Å². The monoisotopic (exact) mass is 270 g/mol. The van der Waals surface area contributed by atoms with E-state index < -0.39 is 23.2 Å². The Morgan fingerprint density at radius 2 is 1.95 bits per heavy atom. The molecule has 0 saturated heterocycles. The third-order valence-electron chi connectivity index (χ3n) is 3.20. The van der Waals surface area contributed by atoms with Gasteiger partial charge in [-0.15, -0.1) is 0 Å². The summed E-state index contributed by atoms with van der Waals surface area (Å²) < 4.78 is 26.9. The number of benzene rings is 1. The van der Waals surface area contributed by atoms with Gasteiger partial charge in [0.05, 0.1) is 5.54 Å². The van der Waals surface area contributed by atoms with Crippen molar-refractivity contribution in [3.05, 3.63) is 35.4 Å². The molecule has 0 saturated carbocycles. The van der Waals surface area contributed by atoms with Crippen LogP contribution in [0.5, 0.6) is 0 Å². The third kappa shape index (κ3) is 3.99. The summed E-state index contributed by atoms with van der Waals surface area (Å²) in [5.74, 6) is -1.53. The number of carbonyl (C=O) groups excluding carboxylic acids is 1. The molecule has 19 heavy (non-hydrogen) atoms. The molecule has 1 amide bonds. The van der Waals surface area contributed by atoms with Gasteiger partial charge in [-0.25, -0.2) is 8.78 Å². The van der Waals surface area contributed by atoms with Crippen molar-refractivity contribution < 1.29 is 13.6 Å². The van der Waals surface area contributed by atoms with Crippen LogP contribution < -0.4 is 11.1 Å². The summed E-state index contributed by atoms with van der Waals surface area (Å²) in [5, 5.41) is 2.68. The van der Waals surface area contributed by atoms with Crippen LogP contribution in [0.2, 0.25) is 0 Å². The van der Waals surface area contributed by atoms with Crippen molar-refractivity contribution in [2.24, 2.45) is 5.73 Å². The Hall–Kier alpha value is -1.49. The first-order chi connectivity index (χ1) is 8.77. The van der Waals surface area contributed by atoms with E-state index in [2.05, 4.69) is 5.32 Å². The van der Waals surface area contributed by atoms with E-state index in [-0.39, 0.29) is 17.9 Å². The molecule has 0 radical (unpaired) electrons. The molecule has 1 aromatic rings. The number of nitrogens with two attached hydrogens (primary N) is 1. The minimum absolute atomic E-state index is 0.0227. The largest absolute Gasteiger partial charge is 0.352 e. The van der Waals surface area contributed by atoms with Gasteiger partial charge in [-0.05, 0) is 38.8 Å². The maximum atomic E-state index is 13.5. The van der Waals surface area contributed by atoms with E-state index in [0.717, 1.165) is 0 Å². The molecule has 1 aromatic carbocycles. The van der Waals surface area contributed by atoms with E-state index in [0.29, 0.717) is 6.42 Å². The summed E-state index contributed by atoms with van der Waals surface area (Å²) in [4.78, 5) is 11.8. The van der Waals surface area contributed by atoms with Crippen LogP contribution in [0.3, 0.4) is 0 Å². The first-order valence-electron chi connectivity index (χ1n) is 6.30. The molecule has 3 nitrogen and oxygen atoms in total. The van der Waals surface area contributed by atoms with Crippen molar-refractivity contribution in [1.82, 2.24) is 5.32 Å². The maximum absolute atomic E-state index is 13.5. The molecular weight excluding hydrogens is 250 g/mol. The summed E-state index contributed by atoms with van der Waals surface area (Å²) in [5.41, 5.74) is 4.81. The second-order valence-corrected chi connectivity index (χ2v) is 5.05. The summed E-state index contributed by atoms with van der Waals surface area (Å²) in [7, 11) is 0. The molecule has 106 valence electrons. The quantitative estimate of drug-likeness (QED) is 0.861. The van der Waals surface area contributed by atoms with Crippen LogP contribution in [-0.4, -0.2) is 17.5 Å². The third-order valence-corrected chi connectivity index (χ3v) is 3.20. The fourth-order valence-corrected chi connectivity index (χ4v) is 1.63. The Bertz CT molecular complexity index is 441. The maximum Gasteiger partial charge on any atom is 0.240 e. The van der Waals surface area contributed by atoms with Crippen LogP contribution in [0.25, 0.3) is 0 Å². The van der Waals surface area contributed by atoms with Crippen molar-refractivity contribution in [3.63, 3.8) is 0 Å². The predicted molar refractivity (Wildman–Crippen MR) is 70.6 cm³/mol. The normalized spacial score (nSPS) is 15.7. The van der Waals surface area contributed by atoms with E-state index in [4.69, 9.17) is 5.73 Å². The molecule has 0 fully saturated rings. The van der Waals surface area contributed by atoms with Gasteiger partial charge >= 0.3 is 0 Å². The standard InChI is InChI=1S/C14H20F2N2O/c1-4-14(3,17)13(19)18-9(2)8-10-11(15)6-5-7-12(10)16/h5-7,9H,4,8,17H2,1-3H3,(H,18,19). The fourth-order valence-electron chi connectivity index (χ4n) is 1.63. The van der Waals surface area contributed by atoms with E-state index in [1.807, 2.05) is 0 Å². The van der Waals surface area contributed by atoms with Gasteiger partial charge in [-0.3, -0.25) is 4.79 Å². The lowest BCUT2D eigenvalue weighted by molar-refractivity contribution is -0.126. The second-order valence-electron chi connectivity index (χ2n) is 5.05. The van der Waals surface area contributed by atoms with Gasteiger partial charge in [0.2, 0.25) is 5.91 Å². The van der Waals surface area contributed by atoms with Crippen molar-refractivity contribution in [3.8, 4) is 0 Å². The number of halogens is 2. The highest BCUT2D eigenvalue weighted by Crippen LogP contribution is 2.14. The van der Waals surface area contributed by atoms with E-state index in [1.54, 1.807) is 20.8 Å². The van der Waals surface area contributed by atoms with Gasteiger partial charge in [0, 0.05) is 11.6 Å². The van der Waals surface area contributed by atoms with E-state index in [1.165, 1.54) is 18.2 Å². The number of rotatable bonds is 5. The highest BCUT2D eigenvalue weighted by atomic mass is 19.1. The number of carbonyl (C=O) groups is 1. The van der Waals surface area contributed by atoms with Crippen molar-refractivity contribution in [1.29, 1.82) is 0 Å². The van der Waals surface area contributed by atoms with Crippen LogP contribution in [0.1, 0.15) is 32.8 Å². The fraction of sp³-hybridized carbons (Fsp3) is 0.500. The Morgan fingerprint density at radius 3 is 2.42 bits per heavy atom. The molecule has 0 spiro atoms. The van der Waals surface area contributed by atoms with Gasteiger partial charge in [-0.2, -0.15) is 0 Å². The Labute approximate surface area is 112 Å². The lowest BCUT2D eigenvalue weighted by Crippen LogP contribution is -2.53. The lowest BCUT2D eigenvalue weighted by atomic mass is 9.98. The van der Waals surface area contributed by atoms with Gasteiger partial charge in [0.1, 0.15) is 11.6 Å². The molecule has 2 unspecified atom stereocenters. The van der Waals surface area contributed by atoms with Crippen molar-refractivity contribution >= 4 is 5.91 Å². The summed E-state index contributed by atoms with van der Waals surface area (Å²) in [6, 6.07) is 3.32. The molecule has 0 heterocycles.